The third-order valence-corrected chi connectivity index (χ3v) is 15.2. The summed E-state index contributed by atoms with van der Waals surface area (Å²) in [4.78, 5) is 17.5. The predicted molar refractivity (Wildman–Crippen MR) is 351 cm³/mol. The molecule has 0 saturated carbocycles. The van der Waals surface area contributed by atoms with Gasteiger partial charge in [-0.25, -0.2) is 4.99 Å². The summed E-state index contributed by atoms with van der Waals surface area (Å²) < 4.78 is 0. The molecule has 0 unspecified atom stereocenters. The molecular weight excluding hydrogens is 969 g/mol. The number of rotatable bonds is 10. The molecule has 4 nitrogen and oxygen atoms in total. The fourth-order valence-corrected chi connectivity index (χ4v) is 11.2. The Morgan fingerprint density at radius 3 is 1.68 bits per heavy atom. The van der Waals surface area contributed by atoms with E-state index >= 15 is 0 Å². The Bertz CT molecular complexity index is 4150. The fourth-order valence-electron chi connectivity index (χ4n) is 11.2. The normalized spacial score (nSPS) is 12.0. The third kappa shape index (κ3) is 11.0. The van der Waals surface area contributed by atoms with Gasteiger partial charge in [0.25, 0.3) is 0 Å². The molecule has 394 valence electrons. The zero-order valence-corrected chi connectivity index (χ0v) is 47.6. The van der Waals surface area contributed by atoms with E-state index in [9.17, 15) is 0 Å². The van der Waals surface area contributed by atoms with Crippen LogP contribution in [0.4, 0.5) is 22.7 Å². The van der Waals surface area contributed by atoms with Gasteiger partial charge in [-0.05, 0) is 153 Å². The van der Waals surface area contributed by atoms with Crippen molar-refractivity contribution in [3.8, 4) is 35.1 Å². The van der Waals surface area contributed by atoms with Crippen LogP contribution in [0.1, 0.15) is 86.1 Å². The van der Waals surface area contributed by atoms with Gasteiger partial charge in [0.05, 0.1) is 29.3 Å². The van der Waals surface area contributed by atoms with Crippen molar-refractivity contribution in [1.29, 1.82) is 0 Å². The lowest BCUT2D eigenvalue weighted by Crippen LogP contribution is -2.34. The van der Waals surface area contributed by atoms with Gasteiger partial charge >= 0.3 is 0 Å². The van der Waals surface area contributed by atoms with E-state index in [4.69, 9.17) is 15.0 Å². The lowest BCUT2D eigenvalue weighted by molar-refractivity contribution is 0.980. The van der Waals surface area contributed by atoms with E-state index in [-0.39, 0.29) is 0 Å². The van der Waals surface area contributed by atoms with Crippen LogP contribution in [0.25, 0.3) is 71.4 Å². The molecule has 0 saturated heterocycles. The molecule has 0 atom stereocenters. The zero-order chi connectivity index (χ0) is 56.3. The van der Waals surface area contributed by atoms with Crippen LogP contribution in [-0.4, -0.2) is 18.3 Å². The average molecular weight is 1040 g/mol. The molecule has 1 heterocycles. The molecule has 11 aromatic carbocycles. The van der Waals surface area contributed by atoms with Crippen molar-refractivity contribution >= 4 is 90.2 Å². The molecular formula is C76H70N4. The number of aliphatic imine (C=N–C) groups is 3. The van der Waals surface area contributed by atoms with Crippen LogP contribution in [-0.2, 0) is 19.4 Å². The van der Waals surface area contributed by atoms with Crippen LogP contribution in [0.2, 0.25) is 0 Å². The van der Waals surface area contributed by atoms with Crippen LogP contribution in [0.5, 0.6) is 0 Å². The number of aryl methyl sites for hydroxylation is 4. The monoisotopic (exact) mass is 1040 g/mol. The molecule has 0 bridgehead atoms. The van der Waals surface area contributed by atoms with Gasteiger partial charge in [0.1, 0.15) is 5.84 Å². The molecule has 1 aliphatic heterocycles. The quantitative estimate of drug-likeness (QED) is 0.0764. The lowest BCUT2D eigenvalue weighted by atomic mass is 9.92. The Labute approximate surface area is 474 Å². The number of allylic oxidation sites excluding steroid dienone is 1. The Balaban J connectivity index is 0.000000223. The van der Waals surface area contributed by atoms with E-state index in [1.54, 1.807) is 0 Å². The van der Waals surface area contributed by atoms with Crippen LogP contribution in [0, 0.1) is 26.7 Å². The molecule has 0 N–H and O–H groups in total. The van der Waals surface area contributed by atoms with Gasteiger partial charge in [0.2, 0.25) is 0 Å². The van der Waals surface area contributed by atoms with Crippen LogP contribution < -0.4 is 4.90 Å². The number of fused-ring (bicyclic) bond motifs is 6. The van der Waals surface area contributed by atoms with Gasteiger partial charge in [-0.15, -0.1) is 12.8 Å². The minimum Gasteiger partial charge on any atom is -0.319 e. The van der Waals surface area contributed by atoms with Crippen molar-refractivity contribution in [3.05, 3.63) is 257 Å². The summed E-state index contributed by atoms with van der Waals surface area (Å²) in [6.07, 6.45) is 14.2. The zero-order valence-electron chi connectivity index (χ0n) is 47.6. The standard InChI is InChI=1S/C48H41N3.C24H21N.C2H6.C2H2/c1-5-12-43-41(7-3)42-14-9-10-15-44(42)47(46(43)49-4)51-31-40-13-8-11-16-45(40)50-48(51)35-23-21-34(22-24-35)37-26-28-38-29-36(25-27-39(38)30-37)33-19-17-32(6-2)18-20-33;1-16-10-4-5-11-19(16)18(3)25-24-17(2)20-12-6-7-13-21(20)22-14-8-9-15-23(22)24;2*1-2/h5,8-30H,4,6-7,31H2,1-3H3;4-15H,1-3H3;1-2H3;1-2H/b12-5-;;;. The van der Waals surface area contributed by atoms with Crippen LogP contribution in [0.15, 0.2) is 227 Å². The maximum absolute atomic E-state index is 5.32. The van der Waals surface area contributed by atoms with Crippen molar-refractivity contribution in [2.45, 2.75) is 74.8 Å². The number of hydrogen-bond acceptors (Lipinski definition) is 4. The Kier molecular flexibility index (Phi) is 17.5. The Hall–Kier alpha value is -9.43. The van der Waals surface area contributed by atoms with Crippen LogP contribution >= 0.6 is 0 Å². The molecule has 0 aromatic heterocycles. The second-order valence-corrected chi connectivity index (χ2v) is 19.8. The Morgan fingerprint density at radius 2 is 1.07 bits per heavy atom. The lowest BCUT2D eigenvalue weighted by Gasteiger charge is -2.33. The molecule has 0 aliphatic carbocycles. The van der Waals surface area contributed by atoms with Gasteiger partial charge in [0, 0.05) is 27.6 Å². The number of nitrogens with zero attached hydrogens (tertiary/aromatic N) is 4. The number of para-hydroxylation sites is 1. The second kappa shape index (κ2) is 25.4. The number of anilines is 1. The minimum atomic E-state index is 0.680. The summed E-state index contributed by atoms with van der Waals surface area (Å²) in [5, 5.41) is 9.91. The van der Waals surface area contributed by atoms with E-state index in [2.05, 4.69) is 284 Å². The highest BCUT2D eigenvalue weighted by Gasteiger charge is 2.28. The maximum atomic E-state index is 5.32. The molecule has 12 rings (SSSR count). The van der Waals surface area contributed by atoms with E-state index in [1.165, 1.54) is 93.3 Å². The largest absolute Gasteiger partial charge is 0.319 e. The van der Waals surface area contributed by atoms with Gasteiger partial charge in [-0.1, -0.05) is 228 Å². The molecule has 1 aliphatic rings. The topological polar surface area (TPSA) is 40.3 Å². The number of terminal acetylenes is 1. The minimum absolute atomic E-state index is 0.680. The van der Waals surface area contributed by atoms with Crippen molar-refractivity contribution < 1.29 is 0 Å². The molecule has 0 spiro atoms. The SMILES string of the molecule is C#C.C=Nc1c(/C=C\C)c(CC)c2ccccc2c1N1Cc2ccccc2N=C1c1ccc(-c2ccc3cc(-c4ccc(CC)cc4)ccc3c2)cc1.CC.CC(=Nc1c(C)c2ccccc2c2ccccc12)c1ccccc1C. The first-order chi connectivity index (χ1) is 39.3. The van der Waals surface area contributed by atoms with E-state index in [0.29, 0.717) is 6.54 Å². The van der Waals surface area contributed by atoms with Crippen molar-refractivity contribution in [1.82, 2.24) is 0 Å². The van der Waals surface area contributed by atoms with Crippen molar-refractivity contribution in [2.75, 3.05) is 4.90 Å². The van der Waals surface area contributed by atoms with Gasteiger partial charge in [-0.3, -0.25) is 9.98 Å². The van der Waals surface area contributed by atoms with E-state index in [1.807, 2.05) is 13.8 Å². The number of benzene rings is 11. The first-order valence-corrected chi connectivity index (χ1v) is 28.0. The number of hydrogen-bond donors (Lipinski definition) is 0. The molecule has 4 heteroatoms. The molecule has 11 aromatic rings. The van der Waals surface area contributed by atoms with Crippen molar-refractivity contribution in [2.24, 2.45) is 15.0 Å². The highest BCUT2D eigenvalue weighted by Crippen LogP contribution is 2.46. The summed E-state index contributed by atoms with van der Waals surface area (Å²) in [6.45, 7) is 21.7. The number of amidine groups is 1. The molecule has 0 radical (unpaired) electrons. The van der Waals surface area contributed by atoms with Crippen LogP contribution in [0.3, 0.4) is 0 Å². The van der Waals surface area contributed by atoms with Gasteiger partial charge in [-0.2, -0.15) is 0 Å². The molecule has 80 heavy (non-hydrogen) atoms. The summed E-state index contributed by atoms with van der Waals surface area (Å²) in [5.41, 5.74) is 19.6. The smallest absolute Gasteiger partial charge is 0.141 e. The third-order valence-electron chi connectivity index (χ3n) is 15.2. The molecule has 0 amide bonds. The summed E-state index contributed by atoms with van der Waals surface area (Å²) in [6, 6.07) is 74.0. The maximum Gasteiger partial charge on any atom is 0.141 e. The van der Waals surface area contributed by atoms with Gasteiger partial charge in [0.15, 0.2) is 0 Å². The second-order valence-electron chi connectivity index (χ2n) is 19.8. The highest BCUT2D eigenvalue weighted by atomic mass is 15.2. The highest BCUT2D eigenvalue weighted by molar-refractivity contribution is 6.19. The summed E-state index contributed by atoms with van der Waals surface area (Å²) >= 11 is 0. The van der Waals surface area contributed by atoms with Crippen molar-refractivity contribution in [3.63, 3.8) is 0 Å². The fraction of sp³-hybridized carbons (Fsp3) is 0.145. The Morgan fingerprint density at radius 1 is 0.562 bits per heavy atom. The average Bonchev–Trinajstić information content (AvgIpc) is 3.64. The summed E-state index contributed by atoms with van der Waals surface area (Å²) in [7, 11) is 0. The van der Waals surface area contributed by atoms with E-state index < -0.39 is 0 Å². The first-order valence-electron chi connectivity index (χ1n) is 28.0. The molecule has 0 fully saturated rings. The predicted octanol–water partition coefficient (Wildman–Crippen LogP) is 20.9. The van der Waals surface area contributed by atoms with E-state index in [0.717, 1.165) is 63.7 Å². The van der Waals surface area contributed by atoms with Gasteiger partial charge < -0.3 is 4.90 Å². The summed E-state index contributed by atoms with van der Waals surface area (Å²) in [5.74, 6) is 0.906. The first kappa shape index (κ1) is 55.3.